The van der Waals surface area contributed by atoms with Crippen LogP contribution in [0.25, 0.3) is 0 Å². The maximum absolute atomic E-state index is 14.2. The number of hydrogen-bond acceptors (Lipinski definition) is 2. The highest BCUT2D eigenvalue weighted by molar-refractivity contribution is 5.39. The molecule has 2 aromatic rings. The minimum absolute atomic E-state index is 0.0932. The molecule has 2 N–H and O–H groups in total. The van der Waals surface area contributed by atoms with Crippen LogP contribution in [-0.4, -0.2) is 0 Å². The molecule has 0 heterocycles. The van der Waals surface area contributed by atoms with Crippen LogP contribution in [0.15, 0.2) is 42.5 Å². The molecule has 21 heavy (non-hydrogen) atoms. The molecule has 3 heteroatoms. The highest BCUT2D eigenvalue weighted by Crippen LogP contribution is 2.37. The van der Waals surface area contributed by atoms with Gasteiger partial charge in [0.05, 0.1) is 0 Å². The third-order valence-corrected chi connectivity index (χ3v) is 4.06. The number of rotatable bonds is 3. The number of nitrogens with two attached hydrogens (primary N) is 1. The molecule has 0 bridgehead atoms. The van der Waals surface area contributed by atoms with E-state index in [9.17, 15) is 4.39 Å². The lowest BCUT2D eigenvalue weighted by molar-refractivity contribution is 0.173. The Kier molecular flexibility index (Phi) is 3.93. The number of aryl methyl sites for hydroxylation is 1. The van der Waals surface area contributed by atoms with Crippen molar-refractivity contribution >= 4 is 0 Å². The Morgan fingerprint density at radius 1 is 1.19 bits per heavy atom. The predicted octanol–water partition coefficient (Wildman–Crippen LogP) is 4.30. The minimum atomic E-state index is -0.340. The average molecular weight is 285 g/mol. The summed E-state index contributed by atoms with van der Waals surface area (Å²) >= 11 is 0. The summed E-state index contributed by atoms with van der Waals surface area (Å²) in [6.45, 7) is 1.84. The molecule has 1 aliphatic rings. The Morgan fingerprint density at radius 3 is 2.81 bits per heavy atom. The monoisotopic (exact) mass is 285 g/mol. The zero-order chi connectivity index (χ0) is 14.8. The second-order valence-electron chi connectivity index (χ2n) is 5.64. The van der Waals surface area contributed by atoms with Crippen molar-refractivity contribution in [3.8, 4) is 5.75 Å². The van der Waals surface area contributed by atoms with Gasteiger partial charge in [0.25, 0.3) is 0 Å². The van der Waals surface area contributed by atoms with Crippen molar-refractivity contribution in [2.75, 3.05) is 0 Å². The van der Waals surface area contributed by atoms with Crippen molar-refractivity contribution in [3.63, 3.8) is 0 Å². The molecule has 0 amide bonds. The summed E-state index contributed by atoms with van der Waals surface area (Å²) in [4.78, 5) is 0. The third-order valence-electron chi connectivity index (χ3n) is 4.06. The molecular formula is C18H20FNO. The molecule has 2 atom stereocenters. The van der Waals surface area contributed by atoms with Gasteiger partial charge in [0.2, 0.25) is 0 Å². The highest BCUT2D eigenvalue weighted by atomic mass is 19.1. The lowest BCUT2D eigenvalue weighted by Gasteiger charge is -2.27. The van der Waals surface area contributed by atoms with Crippen molar-refractivity contribution in [3.05, 3.63) is 65.0 Å². The molecule has 2 aromatic carbocycles. The predicted molar refractivity (Wildman–Crippen MR) is 81.8 cm³/mol. The first-order valence-electron chi connectivity index (χ1n) is 7.45. The summed E-state index contributed by atoms with van der Waals surface area (Å²) in [5.41, 5.74) is 9.12. The van der Waals surface area contributed by atoms with E-state index in [0.717, 1.165) is 24.8 Å². The summed E-state index contributed by atoms with van der Waals surface area (Å²) in [5.74, 6) is -0.0398. The Bertz CT molecular complexity index is 639. The van der Waals surface area contributed by atoms with Crippen molar-refractivity contribution in [1.29, 1.82) is 0 Å². The Hall–Kier alpha value is -1.87. The van der Waals surface area contributed by atoms with Crippen LogP contribution < -0.4 is 10.5 Å². The molecule has 0 saturated heterocycles. The highest BCUT2D eigenvalue weighted by Gasteiger charge is 2.24. The van der Waals surface area contributed by atoms with Gasteiger partial charge in [-0.1, -0.05) is 36.4 Å². The van der Waals surface area contributed by atoms with Crippen molar-refractivity contribution < 1.29 is 9.13 Å². The Balaban J connectivity index is 1.95. The van der Waals surface area contributed by atoms with Gasteiger partial charge in [0.1, 0.15) is 6.10 Å². The van der Waals surface area contributed by atoms with Crippen LogP contribution >= 0.6 is 0 Å². The van der Waals surface area contributed by atoms with E-state index in [4.69, 9.17) is 10.5 Å². The largest absolute Gasteiger partial charge is 0.482 e. The van der Waals surface area contributed by atoms with E-state index in [1.54, 1.807) is 6.07 Å². The smallest absolute Gasteiger partial charge is 0.165 e. The topological polar surface area (TPSA) is 35.2 Å². The lowest BCUT2D eigenvalue weighted by Crippen LogP contribution is -2.17. The van der Waals surface area contributed by atoms with Crippen LogP contribution in [-0.2, 0) is 6.42 Å². The van der Waals surface area contributed by atoms with Crippen LogP contribution in [0.3, 0.4) is 0 Å². The van der Waals surface area contributed by atoms with Gasteiger partial charge in [0, 0.05) is 11.6 Å². The van der Waals surface area contributed by atoms with Gasteiger partial charge in [-0.2, -0.15) is 0 Å². The fraction of sp³-hybridized carbons (Fsp3) is 0.333. The van der Waals surface area contributed by atoms with E-state index >= 15 is 0 Å². The number of ether oxygens (including phenoxy) is 1. The molecule has 110 valence electrons. The van der Waals surface area contributed by atoms with Crippen LogP contribution in [0.4, 0.5) is 4.39 Å². The molecule has 0 saturated carbocycles. The van der Waals surface area contributed by atoms with Gasteiger partial charge in [-0.3, -0.25) is 0 Å². The van der Waals surface area contributed by atoms with Crippen molar-refractivity contribution in [1.82, 2.24) is 0 Å². The van der Waals surface area contributed by atoms with Gasteiger partial charge in [0.15, 0.2) is 11.6 Å². The van der Waals surface area contributed by atoms with Gasteiger partial charge >= 0.3 is 0 Å². The molecular weight excluding hydrogens is 265 g/mol. The van der Waals surface area contributed by atoms with Crippen LogP contribution in [0.2, 0.25) is 0 Å². The summed E-state index contributed by atoms with van der Waals surface area (Å²) < 4.78 is 20.2. The molecule has 0 radical (unpaired) electrons. The lowest BCUT2D eigenvalue weighted by atomic mass is 9.89. The molecule has 3 rings (SSSR count). The van der Waals surface area contributed by atoms with Gasteiger partial charge < -0.3 is 10.5 Å². The summed E-state index contributed by atoms with van der Waals surface area (Å²) in [7, 11) is 0. The Labute approximate surface area is 124 Å². The quantitative estimate of drug-likeness (QED) is 0.912. The number of para-hydroxylation sites is 1. The maximum atomic E-state index is 14.2. The molecule has 0 fully saturated rings. The first kappa shape index (κ1) is 14.1. The molecule has 0 aliphatic heterocycles. The molecule has 1 aliphatic carbocycles. The molecule has 2 nitrogen and oxygen atoms in total. The molecule has 0 spiro atoms. The first-order chi connectivity index (χ1) is 10.2. The van der Waals surface area contributed by atoms with E-state index in [2.05, 4.69) is 12.1 Å². The SMILES string of the molecule is CC(N)c1cccc(F)c1OC1CCCc2ccccc21. The average Bonchev–Trinajstić information content (AvgIpc) is 2.49. The van der Waals surface area contributed by atoms with E-state index in [0.29, 0.717) is 5.75 Å². The molecule has 2 unspecified atom stereocenters. The van der Waals surface area contributed by atoms with Gasteiger partial charge in [-0.05, 0) is 43.4 Å². The van der Waals surface area contributed by atoms with Gasteiger partial charge in [-0.15, -0.1) is 0 Å². The second-order valence-corrected chi connectivity index (χ2v) is 5.64. The summed E-state index contributed by atoms with van der Waals surface area (Å²) in [5, 5.41) is 0. The zero-order valence-electron chi connectivity index (χ0n) is 12.2. The summed E-state index contributed by atoms with van der Waals surface area (Å²) in [6, 6.07) is 12.9. The van der Waals surface area contributed by atoms with Crippen LogP contribution in [0, 0.1) is 5.82 Å². The van der Waals surface area contributed by atoms with Gasteiger partial charge in [-0.25, -0.2) is 4.39 Å². The number of halogens is 1. The van der Waals surface area contributed by atoms with Crippen LogP contribution in [0.1, 0.15) is 48.6 Å². The first-order valence-corrected chi connectivity index (χ1v) is 7.45. The Morgan fingerprint density at radius 2 is 2.00 bits per heavy atom. The van der Waals surface area contributed by atoms with Crippen molar-refractivity contribution in [2.45, 2.75) is 38.3 Å². The third kappa shape index (κ3) is 2.79. The summed E-state index contributed by atoms with van der Waals surface area (Å²) in [6.07, 6.45) is 2.94. The van der Waals surface area contributed by atoms with Crippen LogP contribution in [0.5, 0.6) is 5.75 Å². The standard InChI is InChI=1S/C18H20FNO/c1-12(20)14-9-5-10-16(19)18(14)21-17-11-4-7-13-6-2-3-8-15(13)17/h2-3,5-6,8-10,12,17H,4,7,11,20H2,1H3. The maximum Gasteiger partial charge on any atom is 0.165 e. The van der Waals surface area contributed by atoms with E-state index in [1.165, 1.54) is 17.2 Å². The van der Waals surface area contributed by atoms with E-state index in [1.807, 2.05) is 25.1 Å². The second kappa shape index (κ2) is 5.86. The number of benzene rings is 2. The fourth-order valence-corrected chi connectivity index (χ4v) is 2.98. The normalized spacial score (nSPS) is 18.9. The molecule has 0 aromatic heterocycles. The number of hydrogen-bond donors (Lipinski definition) is 1. The minimum Gasteiger partial charge on any atom is -0.482 e. The van der Waals surface area contributed by atoms with Crippen molar-refractivity contribution in [2.24, 2.45) is 5.73 Å². The van der Waals surface area contributed by atoms with E-state index < -0.39 is 0 Å². The zero-order valence-corrected chi connectivity index (χ0v) is 12.2. The number of fused-ring (bicyclic) bond motifs is 1. The van der Waals surface area contributed by atoms with E-state index in [-0.39, 0.29) is 18.0 Å². The fourth-order valence-electron chi connectivity index (χ4n) is 2.98.